The number of nitrogen functional groups attached to an aromatic ring is 2. The van der Waals surface area contributed by atoms with Crippen molar-refractivity contribution in [1.29, 1.82) is 0 Å². The molecule has 0 bridgehead atoms. The Morgan fingerprint density at radius 3 is 0.909 bits per heavy atom. The SMILES string of the molecule is CC(C)/C=C/[C@]1(CO)O[C@@H](n2ccc(=O)[nH]c2=O)[C@H](F)[C@@H]1O.CC(C)CC[C@]1(CO)O[C@@H](n2ccc(=O)[nH]c2=O)[C@H](F)[C@@H]1O.CC(C)CC[C@]1(CO)O[C@@H](n2ccc(N)nc2=O)[C@H](F)[C@@H]1O.CC[C@@]1(/C=C/C(C)C)O[C@@H](n2ccc(=O)[nH]c2=O)[C@H](F)[C@@H]1C.CC[C@@]1(CCC(C)C)O[C@@H](n2ccc(=O)[nH]c2=O)[C@H](F)[C@@H]1C.CC[C@@]1(CCC(C)C)O[C@@H](n2ccc(N)nc2=O)[C@H](F)[C@@H]1C. The molecule has 6 saturated heterocycles. The van der Waals surface area contributed by atoms with Crippen LogP contribution >= 0.6 is 0 Å². The zero-order valence-corrected chi connectivity index (χ0v) is 78.2. The van der Waals surface area contributed by atoms with Gasteiger partial charge in [0, 0.05) is 79.2 Å². The maximum Gasteiger partial charge on any atom is 0.351 e. The van der Waals surface area contributed by atoms with Crippen molar-refractivity contribution in [1.82, 2.24) is 57.3 Å². The van der Waals surface area contributed by atoms with E-state index in [1.807, 2.05) is 112 Å². The Balaban J connectivity index is 0.000000216. The first-order valence-electron chi connectivity index (χ1n) is 44.9. The molecule has 24 atom stereocenters. The van der Waals surface area contributed by atoms with Gasteiger partial charge in [-0.25, -0.2) is 55.1 Å². The number of nitrogens with zero attached hydrogens (tertiary/aromatic N) is 8. The zero-order valence-electron chi connectivity index (χ0n) is 78.2. The lowest BCUT2D eigenvalue weighted by Gasteiger charge is -2.32. The highest BCUT2D eigenvalue weighted by Crippen LogP contribution is 2.51. The van der Waals surface area contributed by atoms with Crippen LogP contribution < -0.4 is 67.8 Å². The fraction of sp³-hybridized carbons (Fsp3) is 0.689. The normalized spacial score (nSPS) is 31.9. The van der Waals surface area contributed by atoms with Crippen LogP contribution in [0.5, 0.6) is 0 Å². The Kier molecular flexibility index (Phi) is 38.8. The molecule has 6 aromatic heterocycles. The number of nitrogens with two attached hydrogens (primary N) is 2. The second kappa shape index (κ2) is 46.7. The summed E-state index contributed by atoms with van der Waals surface area (Å²) in [6.45, 7) is 33.9. The van der Waals surface area contributed by atoms with Crippen molar-refractivity contribution in [3.05, 3.63) is 202 Å². The first kappa shape index (κ1) is 110. The predicted octanol–water partition coefficient (Wildman–Crippen LogP) is 7.80. The van der Waals surface area contributed by atoms with Gasteiger partial charge in [-0.1, -0.05) is 149 Å². The van der Waals surface area contributed by atoms with Crippen LogP contribution in [0, 0.1) is 53.3 Å². The topological polar surface area (TPSA) is 518 Å². The van der Waals surface area contributed by atoms with Crippen LogP contribution in [-0.4, -0.2) is 197 Å². The number of aliphatic hydroxyl groups is 6. The molecule has 0 spiro atoms. The van der Waals surface area contributed by atoms with E-state index >= 15 is 0 Å². The Morgan fingerprint density at radius 2 is 0.621 bits per heavy atom. The molecule has 6 aromatic rings. The quantitative estimate of drug-likeness (QED) is 0.0165. The fourth-order valence-electron chi connectivity index (χ4n) is 16.7. The number of aliphatic hydroxyl groups excluding tert-OH is 6. The number of alkyl halides is 6. The van der Waals surface area contributed by atoms with E-state index in [1.54, 1.807) is 13.0 Å². The number of hydrogen-bond donors (Lipinski definition) is 12. The molecular weight excluding hydrogens is 1740 g/mol. The van der Waals surface area contributed by atoms with Crippen LogP contribution in [-0.2, 0) is 28.4 Å². The molecule has 14 N–H and O–H groups in total. The van der Waals surface area contributed by atoms with Crippen LogP contribution in [0.15, 0.2) is 146 Å². The monoisotopic (exact) mass is 1880 g/mol. The van der Waals surface area contributed by atoms with Crippen LogP contribution in [0.4, 0.5) is 38.0 Å². The van der Waals surface area contributed by atoms with E-state index in [0.29, 0.717) is 49.4 Å². The Labute approximate surface area is 759 Å². The number of aromatic amines is 4. The van der Waals surface area contributed by atoms with E-state index < -0.39 is 208 Å². The number of anilines is 2. The van der Waals surface area contributed by atoms with Crippen LogP contribution in [0.1, 0.15) is 233 Å². The Morgan fingerprint density at radius 1 is 0.364 bits per heavy atom. The summed E-state index contributed by atoms with van der Waals surface area (Å²) in [4.78, 5) is 131. The van der Waals surface area contributed by atoms with Gasteiger partial charge in [0.25, 0.3) is 22.2 Å². The number of hydrogen-bond acceptors (Lipinski definition) is 26. The number of allylic oxidation sites excluding steroid dienone is 2. The molecular formula is C90H136F6N14O22. The van der Waals surface area contributed by atoms with Crippen molar-refractivity contribution >= 4 is 11.6 Å². The molecule has 42 heteroatoms. The molecule has 0 saturated carbocycles. The maximum absolute atomic E-state index is 14.8. The first-order valence-corrected chi connectivity index (χ1v) is 44.9. The van der Waals surface area contributed by atoms with Crippen LogP contribution in [0.25, 0.3) is 0 Å². The summed E-state index contributed by atoms with van der Waals surface area (Å²) in [6, 6.07) is 7.35. The summed E-state index contributed by atoms with van der Waals surface area (Å²) in [5.74, 6) is 1.22. The third kappa shape index (κ3) is 25.4. The van der Waals surface area contributed by atoms with E-state index in [0.717, 1.165) is 79.5 Å². The third-order valence-corrected chi connectivity index (χ3v) is 25.5. The zero-order chi connectivity index (χ0) is 98.9. The van der Waals surface area contributed by atoms with Crippen molar-refractivity contribution in [3.63, 3.8) is 0 Å². The molecule has 0 aromatic carbocycles. The number of ether oxygens (including phenoxy) is 6. The molecule has 36 nitrogen and oxygen atoms in total. The van der Waals surface area contributed by atoms with Crippen molar-refractivity contribution in [2.45, 2.75) is 322 Å². The first-order chi connectivity index (χ1) is 61.8. The highest BCUT2D eigenvalue weighted by atomic mass is 19.2. The maximum atomic E-state index is 14.8. The van der Waals surface area contributed by atoms with Crippen molar-refractivity contribution in [3.8, 4) is 0 Å². The van der Waals surface area contributed by atoms with E-state index in [4.69, 9.17) is 39.9 Å². The molecule has 12 rings (SSSR count). The van der Waals surface area contributed by atoms with Gasteiger partial charge < -0.3 is 70.5 Å². The highest BCUT2D eigenvalue weighted by molar-refractivity contribution is 5.25. The van der Waals surface area contributed by atoms with E-state index in [1.165, 1.54) is 59.7 Å². The molecule has 0 unspecified atom stereocenters. The molecule has 0 amide bonds. The molecule has 0 aliphatic carbocycles. The predicted molar refractivity (Wildman–Crippen MR) is 479 cm³/mol. The summed E-state index contributed by atoms with van der Waals surface area (Å²) in [6.07, 6.45) is 0.425. The number of H-pyrrole nitrogens is 4. The van der Waals surface area contributed by atoms with E-state index in [2.05, 4.69) is 47.6 Å². The smallest absolute Gasteiger partial charge is 0.351 e. The number of aromatic nitrogens is 12. The van der Waals surface area contributed by atoms with Gasteiger partial charge in [0.1, 0.15) is 46.8 Å². The number of halogens is 6. The van der Waals surface area contributed by atoms with Gasteiger partial charge in [-0.2, -0.15) is 9.97 Å². The second-order valence-electron chi connectivity index (χ2n) is 37.2. The van der Waals surface area contributed by atoms with Gasteiger partial charge >= 0.3 is 34.1 Å². The molecule has 6 aliphatic rings. The minimum absolute atomic E-state index is 0.0171. The minimum atomic E-state index is -1.94. The third-order valence-electron chi connectivity index (χ3n) is 25.5. The van der Waals surface area contributed by atoms with Gasteiger partial charge in [-0.15, -0.1) is 0 Å². The lowest BCUT2D eigenvalue weighted by molar-refractivity contribution is -0.134. The van der Waals surface area contributed by atoms with E-state index in [9.17, 15) is 105 Å². The Hall–Kier alpha value is -9.34. The number of nitrogens with one attached hydrogen (secondary N) is 4. The molecule has 6 fully saturated rings. The van der Waals surface area contributed by atoms with Gasteiger partial charge in [-0.3, -0.25) is 66.5 Å². The summed E-state index contributed by atoms with van der Waals surface area (Å²) in [7, 11) is 0. The van der Waals surface area contributed by atoms with Gasteiger partial charge in [0.15, 0.2) is 74.4 Å². The molecule has 132 heavy (non-hydrogen) atoms. The van der Waals surface area contributed by atoms with Gasteiger partial charge in [-0.05, 0) is 118 Å². The van der Waals surface area contributed by atoms with Gasteiger partial charge in [0.2, 0.25) is 0 Å². The lowest BCUT2D eigenvalue weighted by Crippen LogP contribution is -2.45. The largest absolute Gasteiger partial charge is 0.393 e. The van der Waals surface area contributed by atoms with Crippen molar-refractivity contribution in [2.24, 2.45) is 53.3 Å². The van der Waals surface area contributed by atoms with Crippen LogP contribution in [0.3, 0.4) is 0 Å². The molecule has 12 heterocycles. The van der Waals surface area contributed by atoms with E-state index in [-0.39, 0.29) is 48.1 Å². The summed E-state index contributed by atoms with van der Waals surface area (Å²) >= 11 is 0. The number of rotatable bonds is 28. The molecule has 740 valence electrons. The second-order valence-corrected chi connectivity index (χ2v) is 37.2. The lowest BCUT2D eigenvalue weighted by atomic mass is 9.80. The Bertz CT molecular complexity index is 5100. The molecule has 0 radical (unpaired) electrons. The van der Waals surface area contributed by atoms with Crippen molar-refractivity contribution < 1.29 is 85.4 Å². The average molecular weight is 1880 g/mol. The summed E-state index contributed by atoms with van der Waals surface area (Å²) in [5, 5.41) is 59.2. The fourth-order valence-corrected chi connectivity index (χ4v) is 16.7. The highest BCUT2D eigenvalue weighted by Gasteiger charge is 2.60. The molecule has 6 aliphatic heterocycles. The van der Waals surface area contributed by atoms with Crippen molar-refractivity contribution in [2.75, 3.05) is 31.3 Å². The summed E-state index contributed by atoms with van der Waals surface area (Å²) in [5.41, 5.74) is -2.02. The average Bonchev–Trinajstić information content (AvgIpc) is 1.65. The minimum Gasteiger partial charge on any atom is -0.393 e. The summed E-state index contributed by atoms with van der Waals surface area (Å²) < 4.78 is 128. The standard InChI is InChI=1S/C16H26FN3O2.C16H25FN2O3.C16H23FN2O3.C14H22FN3O4.C14H21FN2O5.C14H19FN2O5/c1-5-16(8-6-10(2)3)11(4)13(17)14(22-16)20-9-7-12(18)19-15(20)21;2*1-5-16(8-6-10(2)3)11(4)13(17)14(22-16)19-9-7-12(20)18-15(19)21;1-8(2)3-5-14(7-19)11(20)10(15)12(22-14)18-6-4-9(16)17-13(18)21;2*1-8(2)3-5-14(7-18)11(20)10(15)12(22-14)17-6-4-9(19)16-13(17)21/h7,9-11,13-14H,5-6,8H2,1-4H3,(H2,18,19,21);7,9-11,13-14H,5-6,8H2,1-4H3,(H,18,20,21);6-11,13-14H,5H2,1-4H3,(H,18,20,21);4,6,8,10-12,19-20H,3,5,7H2,1-2H3,(H2,16,17,21);4,6,8,10-12,18,20H,3,5,7H2,1-2H3,(H,16,19,21);3-6,8,10-12,18,20H,7H2,1-2H3,(H,16,19,21)/b;;8-6+;;;5-3+/t3*11-,13+,14+,16-;3*10-,11+,12-,14-/m000111/s1. The van der Waals surface area contributed by atoms with Crippen LogP contribution in [0.2, 0.25) is 0 Å². The van der Waals surface area contributed by atoms with Gasteiger partial charge in [0.05, 0.1) is 36.6 Å².